The van der Waals surface area contributed by atoms with Crippen molar-refractivity contribution in [2.45, 2.75) is 6.92 Å². The van der Waals surface area contributed by atoms with E-state index < -0.39 is 22.0 Å². The molecule has 0 fully saturated rings. The van der Waals surface area contributed by atoms with E-state index >= 15 is 0 Å². The van der Waals surface area contributed by atoms with Crippen molar-refractivity contribution in [3.63, 3.8) is 0 Å². The number of benzene rings is 2. The van der Waals surface area contributed by atoms with Crippen molar-refractivity contribution in [1.82, 2.24) is 19.7 Å². The van der Waals surface area contributed by atoms with E-state index in [1.807, 2.05) is 30.3 Å². The molecule has 2 aromatic carbocycles. The second kappa shape index (κ2) is 8.56. The van der Waals surface area contributed by atoms with Gasteiger partial charge in [0.05, 0.1) is 23.0 Å². The van der Waals surface area contributed by atoms with E-state index in [4.69, 9.17) is 0 Å². The second-order valence-corrected chi connectivity index (χ2v) is 6.77. The van der Waals surface area contributed by atoms with Gasteiger partial charge in [0.2, 0.25) is 5.43 Å². The maximum Gasteiger partial charge on any atom is 0.294 e. The first-order chi connectivity index (χ1) is 15.4. The van der Waals surface area contributed by atoms with E-state index in [2.05, 4.69) is 20.4 Å². The molecule has 0 bridgehead atoms. The van der Waals surface area contributed by atoms with Gasteiger partial charge in [-0.1, -0.05) is 42.5 Å². The van der Waals surface area contributed by atoms with Crippen LogP contribution in [0.3, 0.4) is 0 Å². The van der Waals surface area contributed by atoms with Gasteiger partial charge < -0.3 is 5.32 Å². The molecule has 1 N–H and O–H groups in total. The Morgan fingerprint density at radius 1 is 1.03 bits per heavy atom. The highest BCUT2D eigenvalue weighted by atomic mass is 16.6. The molecule has 0 unspecified atom stereocenters. The molecule has 0 spiro atoms. The van der Waals surface area contributed by atoms with E-state index in [1.54, 1.807) is 13.0 Å². The number of nitro groups is 1. The van der Waals surface area contributed by atoms with Crippen molar-refractivity contribution in [2.24, 2.45) is 0 Å². The Labute approximate surface area is 181 Å². The Balaban J connectivity index is 1.64. The van der Waals surface area contributed by atoms with Gasteiger partial charge in [-0.2, -0.15) is 5.10 Å². The number of hydrogen-bond donors (Lipinski definition) is 1. The molecule has 1 amide bonds. The van der Waals surface area contributed by atoms with Crippen LogP contribution in [0, 0.1) is 17.0 Å². The highest BCUT2D eigenvalue weighted by molar-refractivity contribution is 6.02. The number of carbonyl (C=O) groups is 1. The summed E-state index contributed by atoms with van der Waals surface area (Å²) in [6.07, 6.45) is 2.84. The zero-order valence-corrected chi connectivity index (χ0v) is 16.8. The lowest BCUT2D eigenvalue weighted by molar-refractivity contribution is -0.384. The normalized spacial score (nSPS) is 10.5. The summed E-state index contributed by atoms with van der Waals surface area (Å²) in [5.41, 5.74) is 0.336. The average Bonchev–Trinajstić information content (AvgIpc) is 2.80. The maximum absolute atomic E-state index is 12.7. The molecule has 4 rings (SSSR count). The standard InChI is InChI=1S/C22H16N6O4/c1-14-11-19(29)20(26-27(14)17-9-5-6-10-18(17)28(31)32)22(30)25-16-12-23-21(24-13-16)15-7-3-2-4-8-15/h2-13H,1H3,(H,25,30). The average molecular weight is 428 g/mol. The molecule has 0 saturated heterocycles. The lowest BCUT2D eigenvalue weighted by Gasteiger charge is -2.11. The molecule has 32 heavy (non-hydrogen) atoms. The number of aryl methyl sites for hydroxylation is 1. The third-order valence-electron chi connectivity index (χ3n) is 4.57. The number of nitro benzene ring substituents is 1. The van der Waals surface area contributed by atoms with Gasteiger partial charge in [0.15, 0.2) is 11.5 Å². The number of carbonyl (C=O) groups excluding carboxylic acids is 1. The minimum absolute atomic E-state index is 0.139. The molecule has 10 nitrogen and oxygen atoms in total. The van der Waals surface area contributed by atoms with E-state index in [0.717, 1.165) is 5.56 Å². The Bertz CT molecular complexity index is 1370. The summed E-state index contributed by atoms with van der Waals surface area (Å²) in [5.74, 6) is -0.297. The summed E-state index contributed by atoms with van der Waals surface area (Å²) in [4.78, 5) is 44.4. The van der Waals surface area contributed by atoms with E-state index in [0.29, 0.717) is 11.5 Å². The summed E-state index contributed by atoms with van der Waals surface area (Å²) in [6.45, 7) is 1.57. The van der Waals surface area contributed by atoms with Gasteiger partial charge in [0, 0.05) is 23.4 Å². The molecular formula is C22H16N6O4. The molecule has 0 atom stereocenters. The lowest BCUT2D eigenvalue weighted by Crippen LogP contribution is -2.27. The van der Waals surface area contributed by atoms with Crippen LogP contribution in [-0.2, 0) is 0 Å². The molecule has 0 aliphatic carbocycles. The number of hydrogen-bond acceptors (Lipinski definition) is 7. The minimum atomic E-state index is -0.779. The number of para-hydroxylation sites is 2. The topological polar surface area (TPSA) is 133 Å². The van der Waals surface area contributed by atoms with Gasteiger partial charge in [-0.3, -0.25) is 19.7 Å². The number of anilines is 1. The van der Waals surface area contributed by atoms with Gasteiger partial charge in [-0.05, 0) is 13.0 Å². The summed E-state index contributed by atoms with van der Waals surface area (Å²) >= 11 is 0. The van der Waals surface area contributed by atoms with Gasteiger partial charge in [0.25, 0.3) is 11.6 Å². The van der Waals surface area contributed by atoms with Crippen LogP contribution in [0.5, 0.6) is 0 Å². The largest absolute Gasteiger partial charge is 0.318 e. The fraction of sp³-hybridized carbons (Fsp3) is 0.0455. The Morgan fingerprint density at radius 2 is 1.69 bits per heavy atom. The predicted molar refractivity (Wildman–Crippen MR) is 117 cm³/mol. The van der Waals surface area contributed by atoms with Gasteiger partial charge in [0.1, 0.15) is 5.69 Å². The van der Waals surface area contributed by atoms with Crippen molar-refractivity contribution in [3.05, 3.63) is 105 Å². The lowest BCUT2D eigenvalue weighted by atomic mass is 10.2. The van der Waals surface area contributed by atoms with Crippen LogP contribution >= 0.6 is 0 Å². The predicted octanol–water partition coefficient (Wildman–Crippen LogP) is 3.16. The van der Waals surface area contributed by atoms with Gasteiger partial charge in [-0.15, -0.1) is 0 Å². The van der Waals surface area contributed by atoms with Crippen LogP contribution < -0.4 is 10.7 Å². The van der Waals surface area contributed by atoms with Gasteiger partial charge >= 0.3 is 0 Å². The van der Waals surface area contributed by atoms with Crippen LogP contribution in [0.25, 0.3) is 17.1 Å². The summed E-state index contributed by atoms with van der Waals surface area (Å²) < 4.78 is 1.20. The van der Waals surface area contributed by atoms with Crippen LogP contribution in [0.1, 0.15) is 16.2 Å². The number of amides is 1. The van der Waals surface area contributed by atoms with Crippen molar-refractivity contribution >= 4 is 17.3 Å². The minimum Gasteiger partial charge on any atom is -0.318 e. The number of nitrogens with zero attached hydrogens (tertiary/aromatic N) is 5. The summed E-state index contributed by atoms with van der Waals surface area (Å²) in [7, 11) is 0. The SMILES string of the molecule is Cc1cc(=O)c(C(=O)Nc2cnc(-c3ccccc3)nc2)nn1-c1ccccc1[N+](=O)[O-]. The smallest absolute Gasteiger partial charge is 0.294 e. The Hall–Kier alpha value is -4.73. The highest BCUT2D eigenvalue weighted by Gasteiger charge is 2.20. The third kappa shape index (κ3) is 4.10. The summed E-state index contributed by atoms with van der Waals surface area (Å²) in [6, 6.07) is 16.4. The molecule has 0 radical (unpaired) electrons. The second-order valence-electron chi connectivity index (χ2n) is 6.77. The van der Waals surface area contributed by atoms with Gasteiger partial charge in [-0.25, -0.2) is 14.6 Å². The van der Waals surface area contributed by atoms with E-state index in [1.165, 1.54) is 41.3 Å². The van der Waals surface area contributed by atoms with Crippen LogP contribution in [-0.4, -0.2) is 30.6 Å². The molecule has 2 heterocycles. The fourth-order valence-corrected chi connectivity index (χ4v) is 3.07. The monoisotopic (exact) mass is 428 g/mol. The molecule has 158 valence electrons. The van der Waals surface area contributed by atoms with E-state index in [-0.39, 0.29) is 17.1 Å². The molecule has 0 aliphatic heterocycles. The zero-order valence-electron chi connectivity index (χ0n) is 16.8. The summed E-state index contributed by atoms with van der Waals surface area (Å²) in [5, 5.41) is 18.0. The first-order valence-electron chi connectivity index (χ1n) is 9.47. The number of aromatic nitrogens is 4. The molecule has 4 aromatic rings. The van der Waals surface area contributed by atoms with Crippen molar-refractivity contribution in [1.29, 1.82) is 0 Å². The fourth-order valence-electron chi connectivity index (χ4n) is 3.07. The molecule has 0 aliphatic rings. The number of rotatable bonds is 5. The Kier molecular flexibility index (Phi) is 5.49. The van der Waals surface area contributed by atoms with Crippen molar-refractivity contribution < 1.29 is 9.72 Å². The first-order valence-corrected chi connectivity index (χ1v) is 9.47. The Morgan fingerprint density at radius 3 is 2.38 bits per heavy atom. The molecule has 2 aromatic heterocycles. The maximum atomic E-state index is 12.7. The quantitative estimate of drug-likeness (QED) is 0.381. The highest BCUT2D eigenvalue weighted by Crippen LogP contribution is 2.22. The first kappa shape index (κ1) is 20.5. The molecular weight excluding hydrogens is 412 g/mol. The van der Waals surface area contributed by atoms with Crippen LogP contribution in [0.15, 0.2) is 77.9 Å². The van der Waals surface area contributed by atoms with E-state index in [9.17, 15) is 19.7 Å². The van der Waals surface area contributed by atoms with Crippen molar-refractivity contribution in [2.75, 3.05) is 5.32 Å². The van der Waals surface area contributed by atoms with Crippen LogP contribution in [0.4, 0.5) is 11.4 Å². The molecule has 10 heteroatoms. The van der Waals surface area contributed by atoms with Crippen molar-refractivity contribution in [3.8, 4) is 17.1 Å². The number of nitrogens with one attached hydrogen (secondary N) is 1. The third-order valence-corrected chi connectivity index (χ3v) is 4.57. The zero-order chi connectivity index (χ0) is 22.7. The van der Waals surface area contributed by atoms with Crippen LogP contribution in [0.2, 0.25) is 0 Å². The molecule has 0 saturated carbocycles.